The van der Waals surface area contributed by atoms with Gasteiger partial charge in [-0.05, 0) is 29.8 Å². The van der Waals surface area contributed by atoms with Crippen LogP contribution in [0.5, 0.6) is 5.75 Å². The number of hydrogen-bond donors (Lipinski definition) is 2. The van der Waals surface area contributed by atoms with Gasteiger partial charge in [0.05, 0.1) is 11.1 Å². The highest BCUT2D eigenvalue weighted by atomic mass is 32.2. The number of thioether (sulfide) groups is 1. The van der Waals surface area contributed by atoms with Crippen LogP contribution in [-0.2, 0) is 5.75 Å². The van der Waals surface area contributed by atoms with Crippen LogP contribution < -0.4 is 5.73 Å². The third kappa shape index (κ3) is 2.89. The number of benzene rings is 2. The maximum Gasteiger partial charge on any atom is 0.252 e. The number of aromatic hydroxyl groups is 1. The Labute approximate surface area is 132 Å². The summed E-state index contributed by atoms with van der Waals surface area (Å²) in [5.74, 6) is -0.0425. The Morgan fingerprint density at radius 2 is 2.00 bits per heavy atom. The van der Waals surface area contributed by atoms with Crippen molar-refractivity contribution in [3.63, 3.8) is 0 Å². The number of primary amides is 1. The molecule has 0 aliphatic carbocycles. The zero-order chi connectivity index (χ0) is 15.5. The zero-order valence-corrected chi connectivity index (χ0v) is 12.5. The van der Waals surface area contributed by atoms with Gasteiger partial charge in [0, 0.05) is 22.2 Å². The van der Waals surface area contributed by atoms with Crippen LogP contribution in [0.4, 0.5) is 0 Å². The molecule has 1 heterocycles. The van der Waals surface area contributed by atoms with Crippen molar-refractivity contribution in [2.75, 3.05) is 0 Å². The number of pyridine rings is 1. The molecule has 0 aliphatic rings. The molecule has 3 aromatic rings. The van der Waals surface area contributed by atoms with Crippen LogP contribution in [0.3, 0.4) is 0 Å². The van der Waals surface area contributed by atoms with Gasteiger partial charge >= 0.3 is 0 Å². The number of carbonyl (C=O) groups excluding carboxylic acids is 1. The molecule has 2 aromatic carbocycles. The Kier molecular flexibility index (Phi) is 3.98. The molecule has 22 heavy (non-hydrogen) atoms. The maximum atomic E-state index is 11.1. The third-order valence-electron chi connectivity index (χ3n) is 3.32. The van der Waals surface area contributed by atoms with E-state index in [9.17, 15) is 9.90 Å². The predicted octanol–water partition coefficient (Wildman–Crippen LogP) is 3.33. The molecule has 3 rings (SSSR count). The molecule has 0 saturated heterocycles. The Morgan fingerprint density at radius 1 is 1.18 bits per heavy atom. The lowest BCUT2D eigenvalue weighted by Crippen LogP contribution is -2.11. The van der Waals surface area contributed by atoms with Crippen LogP contribution in [0.1, 0.15) is 15.9 Å². The topological polar surface area (TPSA) is 76.2 Å². The highest BCUT2D eigenvalue weighted by molar-refractivity contribution is 7.98. The van der Waals surface area contributed by atoms with Crippen molar-refractivity contribution in [3.05, 3.63) is 65.9 Å². The summed E-state index contributed by atoms with van der Waals surface area (Å²) < 4.78 is 0. The van der Waals surface area contributed by atoms with E-state index in [2.05, 4.69) is 4.98 Å². The first-order valence-electron chi connectivity index (χ1n) is 6.73. The second-order valence-electron chi connectivity index (χ2n) is 4.84. The van der Waals surface area contributed by atoms with E-state index in [0.29, 0.717) is 5.75 Å². The number of nitrogens with two attached hydrogens (primary N) is 1. The lowest BCUT2D eigenvalue weighted by Gasteiger charge is -2.07. The van der Waals surface area contributed by atoms with Crippen molar-refractivity contribution in [1.29, 1.82) is 0 Å². The first-order valence-corrected chi connectivity index (χ1v) is 7.72. The number of rotatable bonds is 4. The zero-order valence-electron chi connectivity index (χ0n) is 11.7. The smallest absolute Gasteiger partial charge is 0.252 e. The van der Waals surface area contributed by atoms with Gasteiger partial charge in [0.25, 0.3) is 5.91 Å². The van der Waals surface area contributed by atoms with E-state index in [-0.39, 0.29) is 11.3 Å². The normalized spacial score (nSPS) is 10.7. The number of carbonyl (C=O) groups is 1. The van der Waals surface area contributed by atoms with Gasteiger partial charge in [-0.1, -0.05) is 24.3 Å². The second kappa shape index (κ2) is 6.07. The van der Waals surface area contributed by atoms with Crippen molar-refractivity contribution < 1.29 is 9.90 Å². The number of para-hydroxylation sites is 1. The largest absolute Gasteiger partial charge is 0.507 e. The Morgan fingerprint density at radius 3 is 2.77 bits per heavy atom. The minimum atomic E-state index is -0.630. The third-order valence-corrected chi connectivity index (χ3v) is 4.44. The molecule has 1 amide bonds. The molecule has 0 atom stereocenters. The maximum absolute atomic E-state index is 11.1. The number of nitrogens with zero attached hydrogens (tertiary/aromatic N) is 1. The minimum Gasteiger partial charge on any atom is -0.507 e. The van der Waals surface area contributed by atoms with E-state index in [4.69, 9.17) is 5.73 Å². The molecule has 4 nitrogen and oxygen atoms in total. The van der Waals surface area contributed by atoms with E-state index in [1.165, 1.54) is 0 Å². The number of amides is 1. The number of phenols is 1. The van der Waals surface area contributed by atoms with Gasteiger partial charge < -0.3 is 10.8 Å². The van der Waals surface area contributed by atoms with E-state index >= 15 is 0 Å². The van der Waals surface area contributed by atoms with Crippen molar-refractivity contribution in [1.82, 2.24) is 4.98 Å². The summed E-state index contributed by atoms with van der Waals surface area (Å²) in [6.45, 7) is 0. The quantitative estimate of drug-likeness (QED) is 0.725. The van der Waals surface area contributed by atoms with Crippen molar-refractivity contribution in [2.45, 2.75) is 10.6 Å². The number of aromatic nitrogens is 1. The van der Waals surface area contributed by atoms with Crippen molar-refractivity contribution in [3.8, 4) is 5.75 Å². The van der Waals surface area contributed by atoms with Crippen LogP contribution in [0.25, 0.3) is 10.9 Å². The number of hydrogen-bond acceptors (Lipinski definition) is 4. The van der Waals surface area contributed by atoms with Gasteiger partial charge in [0.15, 0.2) is 0 Å². The standard InChI is InChI=1S/C17H14N2O2S/c18-17(21)13-7-6-11(9-14(13)20)10-22-15-5-1-3-12-4-2-8-19-16(12)15/h1-9,20H,10H2,(H2,18,21). The molecule has 0 radical (unpaired) electrons. The van der Waals surface area contributed by atoms with Crippen molar-refractivity contribution in [2.24, 2.45) is 5.73 Å². The Balaban J connectivity index is 1.82. The van der Waals surface area contributed by atoms with E-state index in [1.54, 1.807) is 36.2 Å². The molecular weight excluding hydrogens is 296 g/mol. The first kappa shape index (κ1) is 14.4. The minimum absolute atomic E-state index is 0.0818. The fourth-order valence-electron chi connectivity index (χ4n) is 2.23. The van der Waals surface area contributed by atoms with Crippen LogP contribution in [0.2, 0.25) is 0 Å². The van der Waals surface area contributed by atoms with Crippen LogP contribution >= 0.6 is 11.8 Å². The first-order chi connectivity index (χ1) is 10.6. The molecule has 0 bridgehead atoms. The molecule has 0 aliphatic heterocycles. The Hall–Kier alpha value is -2.53. The second-order valence-corrected chi connectivity index (χ2v) is 5.85. The fourth-order valence-corrected chi connectivity index (χ4v) is 3.21. The van der Waals surface area contributed by atoms with Gasteiger partial charge in [-0.25, -0.2) is 0 Å². The summed E-state index contributed by atoms with van der Waals surface area (Å²) in [5, 5.41) is 10.9. The molecule has 1 aromatic heterocycles. The molecule has 0 fully saturated rings. The monoisotopic (exact) mass is 310 g/mol. The molecular formula is C17H14N2O2S. The molecule has 0 saturated carbocycles. The highest BCUT2D eigenvalue weighted by Gasteiger charge is 2.09. The summed E-state index contributed by atoms with van der Waals surface area (Å²) in [6, 6.07) is 14.9. The van der Waals surface area contributed by atoms with Gasteiger partial charge in [-0.3, -0.25) is 9.78 Å². The fraction of sp³-hybridized carbons (Fsp3) is 0.0588. The number of fused-ring (bicyclic) bond motifs is 1. The molecule has 0 spiro atoms. The molecule has 3 N–H and O–H groups in total. The lowest BCUT2D eigenvalue weighted by molar-refractivity contribution is 0.0998. The van der Waals surface area contributed by atoms with E-state index in [0.717, 1.165) is 21.4 Å². The van der Waals surface area contributed by atoms with Crippen LogP contribution in [0, 0.1) is 0 Å². The summed E-state index contributed by atoms with van der Waals surface area (Å²) in [7, 11) is 0. The molecule has 0 unspecified atom stereocenters. The molecule has 5 heteroatoms. The van der Waals surface area contributed by atoms with Gasteiger partial charge in [-0.2, -0.15) is 0 Å². The molecule has 110 valence electrons. The SMILES string of the molecule is NC(=O)c1ccc(CSc2cccc3cccnc23)cc1O. The average Bonchev–Trinajstić information content (AvgIpc) is 2.52. The summed E-state index contributed by atoms with van der Waals surface area (Å²) in [5.41, 5.74) is 7.20. The van der Waals surface area contributed by atoms with Crippen molar-refractivity contribution >= 4 is 28.6 Å². The van der Waals surface area contributed by atoms with Gasteiger partial charge in [0.1, 0.15) is 5.75 Å². The van der Waals surface area contributed by atoms with Crippen LogP contribution in [-0.4, -0.2) is 16.0 Å². The van der Waals surface area contributed by atoms with E-state index < -0.39 is 5.91 Å². The summed E-state index contributed by atoms with van der Waals surface area (Å²) >= 11 is 1.64. The lowest BCUT2D eigenvalue weighted by atomic mass is 10.1. The Bertz CT molecular complexity index is 844. The van der Waals surface area contributed by atoms with Gasteiger partial charge in [0.2, 0.25) is 0 Å². The summed E-state index contributed by atoms with van der Waals surface area (Å²) in [6.07, 6.45) is 1.78. The predicted molar refractivity (Wildman–Crippen MR) is 87.9 cm³/mol. The van der Waals surface area contributed by atoms with Crippen LogP contribution in [0.15, 0.2) is 59.6 Å². The highest BCUT2D eigenvalue weighted by Crippen LogP contribution is 2.30. The van der Waals surface area contributed by atoms with Gasteiger partial charge in [-0.15, -0.1) is 11.8 Å². The average molecular weight is 310 g/mol. The summed E-state index contributed by atoms with van der Waals surface area (Å²) in [4.78, 5) is 16.6. The van der Waals surface area contributed by atoms with E-state index in [1.807, 2.05) is 30.3 Å².